The molecule has 0 radical (unpaired) electrons. The van der Waals surface area contributed by atoms with Gasteiger partial charge in [-0.05, 0) is 38.8 Å². The number of hydrogen-bond acceptors (Lipinski definition) is 2. The number of nitrogens with one attached hydrogen (secondary N) is 1. The lowest BCUT2D eigenvalue weighted by Gasteiger charge is -2.12. The van der Waals surface area contributed by atoms with Gasteiger partial charge in [-0.25, -0.2) is 0 Å². The lowest BCUT2D eigenvalue weighted by atomic mass is 10.0. The molecule has 0 aromatic heterocycles. The molecule has 2 heteroatoms. The monoisotopic (exact) mass is 184 g/mol. The molecule has 1 heterocycles. The second kappa shape index (κ2) is 4.97. The van der Waals surface area contributed by atoms with Crippen molar-refractivity contribution in [2.75, 3.05) is 27.2 Å². The molecule has 1 saturated heterocycles. The molecule has 0 amide bonds. The molecule has 13 heavy (non-hydrogen) atoms. The molecule has 0 aromatic carbocycles. The summed E-state index contributed by atoms with van der Waals surface area (Å²) in [5, 5.41) is 3.39. The first-order valence-electron chi connectivity index (χ1n) is 5.65. The Balaban J connectivity index is 0.000000396. The van der Waals surface area contributed by atoms with Crippen LogP contribution in [0.4, 0.5) is 0 Å². The lowest BCUT2D eigenvalue weighted by Crippen LogP contribution is -2.25. The maximum absolute atomic E-state index is 3.39. The normalized spacial score (nSPS) is 38.3. The number of likely N-dealkylation sites (tertiary alicyclic amines) is 1. The Labute approximate surface area is 82.7 Å². The summed E-state index contributed by atoms with van der Waals surface area (Å²) in [4.78, 5) is 2.47. The average molecular weight is 184 g/mol. The van der Waals surface area contributed by atoms with Crippen molar-refractivity contribution in [2.24, 2.45) is 11.8 Å². The first kappa shape index (κ1) is 11.0. The molecule has 3 atom stereocenters. The van der Waals surface area contributed by atoms with E-state index in [4.69, 9.17) is 0 Å². The van der Waals surface area contributed by atoms with Gasteiger partial charge in [0.1, 0.15) is 0 Å². The minimum Gasteiger partial charge on any atom is -0.317 e. The smallest absolute Gasteiger partial charge is 0.00705 e. The van der Waals surface area contributed by atoms with Gasteiger partial charge in [-0.15, -0.1) is 0 Å². The highest BCUT2D eigenvalue weighted by Crippen LogP contribution is 2.37. The molecule has 1 aliphatic carbocycles. The highest BCUT2D eigenvalue weighted by atomic mass is 15.1. The Morgan fingerprint density at radius 2 is 1.54 bits per heavy atom. The molecule has 2 fully saturated rings. The third-order valence-corrected chi connectivity index (χ3v) is 3.34. The quantitative estimate of drug-likeness (QED) is 0.665. The molecule has 2 nitrogen and oxygen atoms in total. The van der Waals surface area contributed by atoms with E-state index in [-0.39, 0.29) is 0 Å². The van der Waals surface area contributed by atoms with E-state index in [0.717, 1.165) is 17.9 Å². The SMILES string of the molecule is CC.CNC1C[C@@H]2CN(C)C[C@@H]2C1. The van der Waals surface area contributed by atoms with Crippen molar-refractivity contribution in [3.63, 3.8) is 0 Å². The Hall–Kier alpha value is -0.0800. The van der Waals surface area contributed by atoms with Gasteiger partial charge in [0.05, 0.1) is 0 Å². The van der Waals surface area contributed by atoms with E-state index in [9.17, 15) is 0 Å². The standard InChI is InChI=1S/C9H18N2.C2H6/c1-10-9-3-7-5-11(2)6-8(7)4-9;1-2/h7-10H,3-6H2,1-2H3;1-2H3/t7-,8+,9?;. The van der Waals surface area contributed by atoms with Crippen LogP contribution in [0.2, 0.25) is 0 Å². The summed E-state index contributed by atoms with van der Waals surface area (Å²) in [5.41, 5.74) is 0. The van der Waals surface area contributed by atoms with Crippen molar-refractivity contribution < 1.29 is 0 Å². The molecular weight excluding hydrogens is 160 g/mol. The molecular formula is C11H24N2. The predicted molar refractivity (Wildman–Crippen MR) is 57.9 cm³/mol. The Morgan fingerprint density at radius 3 is 1.92 bits per heavy atom. The molecule has 2 rings (SSSR count). The summed E-state index contributed by atoms with van der Waals surface area (Å²) in [7, 11) is 4.34. The summed E-state index contributed by atoms with van der Waals surface area (Å²) in [5.74, 6) is 2.00. The Morgan fingerprint density at radius 1 is 1.08 bits per heavy atom. The van der Waals surface area contributed by atoms with E-state index in [0.29, 0.717) is 0 Å². The van der Waals surface area contributed by atoms with Crippen LogP contribution < -0.4 is 5.32 Å². The van der Waals surface area contributed by atoms with Crippen LogP contribution in [0.15, 0.2) is 0 Å². The summed E-state index contributed by atoms with van der Waals surface area (Å²) in [6.45, 7) is 6.67. The van der Waals surface area contributed by atoms with Gasteiger partial charge in [0.25, 0.3) is 0 Å². The minimum atomic E-state index is 0.818. The zero-order chi connectivity index (χ0) is 9.84. The molecule has 1 aliphatic heterocycles. The van der Waals surface area contributed by atoms with E-state index in [1.54, 1.807) is 0 Å². The van der Waals surface area contributed by atoms with Crippen LogP contribution in [-0.2, 0) is 0 Å². The predicted octanol–water partition coefficient (Wildman–Crippen LogP) is 1.57. The zero-order valence-electron chi connectivity index (χ0n) is 9.51. The molecule has 0 bridgehead atoms. The molecule has 0 spiro atoms. The topological polar surface area (TPSA) is 15.3 Å². The molecule has 2 aliphatic rings. The van der Waals surface area contributed by atoms with E-state index < -0.39 is 0 Å². The van der Waals surface area contributed by atoms with Crippen molar-refractivity contribution >= 4 is 0 Å². The van der Waals surface area contributed by atoms with Gasteiger partial charge in [-0.3, -0.25) is 0 Å². The van der Waals surface area contributed by atoms with E-state index in [1.807, 2.05) is 13.8 Å². The summed E-state index contributed by atoms with van der Waals surface area (Å²) >= 11 is 0. The Bertz CT molecular complexity index is 133. The third-order valence-electron chi connectivity index (χ3n) is 3.34. The van der Waals surface area contributed by atoms with E-state index >= 15 is 0 Å². The van der Waals surface area contributed by atoms with Crippen LogP contribution in [0.1, 0.15) is 26.7 Å². The van der Waals surface area contributed by atoms with Crippen LogP contribution in [0.25, 0.3) is 0 Å². The van der Waals surface area contributed by atoms with Crippen molar-refractivity contribution in [3.05, 3.63) is 0 Å². The van der Waals surface area contributed by atoms with Gasteiger partial charge >= 0.3 is 0 Å². The van der Waals surface area contributed by atoms with Gasteiger partial charge in [-0.2, -0.15) is 0 Å². The second-order valence-corrected chi connectivity index (χ2v) is 4.20. The van der Waals surface area contributed by atoms with Crippen LogP contribution in [-0.4, -0.2) is 38.1 Å². The van der Waals surface area contributed by atoms with E-state index in [1.165, 1.54) is 25.9 Å². The van der Waals surface area contributed by atoms with Crippen molar-refractivity contribution in [3.8, 4) is 0 Å². The van der Waals surface area contributed by atoms with Crippen molar-refractivity contribution in [1.82, 2.24) is 10.2 Å². The van der Waals surface area contributed by atoms with Gasteiger partial charge in [-0.1, -0.05) is 13.8 Å². The number of hydrogen-bond donors (Lipinski definition) is 1. The average Bonchev–Trinajstić information content (AvgIpc) is 2.64. The van der Waals surface area contributed by atoms with E-state index in [2.05, 4.69) is 24.3 Å². The van der Waals surface area contributed by atoms with Gasteiger partial charge in [0.15, 0.2) is 0 Å². The molecule has 1 unspecified atom stereocenters. The zero-order valence-corrected chi connectivity index (χ0v) is 9.51. The van der Waals surface area contributed by atoms with Gasteiger partial charge in [0, 0.05) is 19.1 Å². The summed E-state index contributed by atoms with van der Waals surface area (Å²) in [6, 6.07) is 0.818. The van der Waals surface area contributed by atoms with Crippen LogP contribution in [0.5, 0.6) is 0 Å². The highest BCUT2D eigenvalue weighted by molar-refractivity contribution is 4.93. The fraction of sp³-hybridized carbons (Fsp3) is 1.00. The fourth-order valence-electron chi connectivity index (χ4n) is 2.77. The minimum absolute atomic E-state index is 0.818. The maximum atomic E-state index is 3.39. The Kier molecular flexibility index (Phi) is 4.20. The van der Waals surface area contributed by atoms with Crippen LogP contribution >= 0.6 is 0 Å². The van der Waals surface area contributed by atoms with Gasteiger partial charge < -0.3 is 10.2 Å². The van der Waals surface area contributed by atoms with Gasteiger partial charge in [0.2, 0.25) is 0 Å². The molecule has 0 aromatic rings. The largest absolute Gasteiger partial charge is 0.317 e. The summed E-state index contributed by atoms with van der Waals surface area (Å²) < 4.78 is 0. The number of nitrogens with zero attached hydrogens (tertiary/aromatic N) is 1. The molecule has 78 valence electrons. The fourth-order valence-corrected chi connectivity index (χ4v) is 2.77. The second-order valence-electron chi connectivity index (χ2n) is 4.20. The van der Waals surface area contributed by atoms with Crippen molar-refractivity contribution in [2.45, 2.75) is 32.7 Å². The third kappa shape index (κ3) is 2.44. The van der Waals surface area contributed by atoms with Crippen molar-refractivity contribution in [1.29, 1.82) is 0 Å². The van der Waals surface area contributed by atoms with Crippen LogP contribution in [0, 0.1) is 11.8 Å². The van der Waals surface area contributed by atoms with Crippen LogP contribution in [0.3, 0.4) is 0 Å². The lowest BCUT2D eigenvalue weighted by molar-refractivity contribution is 0.363. The summed E-state index contributed by atoms with van der Waals surface area (Å²) in [6.07, 6.45) is 2.82. The first-order valence-corrected chi connectivity index (χ1v) is 5.65. The molecule has 1 saturated carbocycles. The number of rotatable bonds is 1. The molecule has 1 N–H and O–H groups in total. The first-order chi connectivity index (χ1) is 6.29. The number of fused-ring (bicyclic) bond motifs is 1. The highest BCUT2D eigenvalue weighted by Gasteiger charge is 2.38. The maximum Gasteiger partial charge on any atom is 0.00705 e.